The predicted molar refractivity (Wildman–Crippen MR) is 104 cm³/mol. The van der Waals surface area contributed by atoms with Crippen molar-refractivity contribution >= 4 is 23.0 Å². The van der Waals surface area contributed by atoms with Crippen LogP contribution in [0, 0.1) is 0 Å². The Bertz CT molecular complexity index is 891. The number of hydrogen-bond donors (Lipinski definition) is 1. The molecule has 0 aliphatic heterocycles. The molecule has 0 saturated carbocycles. The molecule has 28 heavy (non-hydrogen) atoms. The lowest BCUT2D eigenvalue weighted by Gasteiger charge is -2.23. The number of carboxylic acids is 1. The molecule has 0 aromatic heterocycles. The van der Waals surface area contributed by atoms with Crippen molar-refractivity contribution in [1.82, 2.24) is 0 Å². The quantitative estimate of drug-likeness (QED) is 0.340. The molecular formula is C17H17N9O2. The van der Waals surface area contributed by atoms with E-state index >= 15 is 0 Å². The van der Waals surface area contributed by atoms with Gasteiger partial charge in [-0.05, 0) is 59.6 Å². The number of nitrogens with zero attached hydrogens (tertiary/aromatic N) is 9. The van der Waals surface area contributed by atoms with Gasteiger partial charge in [-0.25, -0.2) is 4.79 Å². The number of aromatic carboxylic acids is 1. The van der Waals surface area contributed by atoms with E-state index in [2.05, 4.69) is 30.3 Å². The first kappa shape index (κ1) is 20.2. The third-order valence-corrected chi connectivity index (χ3v) is 3.68. The van der Waals surface area contributed by atoms with E-state index in [4.69, 9.17) is 16.2 Å². The maximum atomic E-state index is 10.8. The fourth-order valence-electron chi connectivity index (χ4n) is 2.31. The average molecular weight is 379 g/mol. The van der Waals surface area contributed by atoms with E-state index in [1.165, 1.54) is 12.1 Å². The van der Waals surface area contributed by atoms with Gasteiger partial charge in [0.2, 0.25) is 0 Å². The number of azide groups is 2. The normalized spacial score (nSPS) is 10.1. The van der Waals surface area contributed by atoms with Crippen LogP contribution in [0.3, 0.4) is 0 Å². The van der Waals surface area contributed by atoms with E-state index in [-0.39, 0.29) is 5.56 Å². The van der Waals surface area contributed by atoms with Gasteiger partial charge in [0.15, 0.2) is 0 Å². The topological polar surface area (TPSA) is 163 Å². The van der Waals surface area contributed by atoms with Crippen molar-refractivity contribution < 1.29 is 9.90 Å². The van der Waals surface area contributed by atoms with E-state index in [9.17, 15) is 4.79 Å². The van der Waals surface area contributed by atoms with Crippen molar-refractivity contribution in [1.29, 1.82) is 0 Å². The Balaban J connectivity index is 2.06. The maximum absolute atomic E-state index is 10.8. The molecule has 2 aromatic rings. The summed E-state index contributed by atoms with van der Waals surface area (Å²) in [6, 6.07) is 13.3. The minimum atomic E-state index is -0.996. The summed E-state index contributed by atoms with van der Waals surface area (Å²) in [4.78, 5) is 18.3. The lowest BCUT2D eigenvalue weighted by atomic mass is 10.2. The van der Waals surface area contributed by atoms with Gasteiger partial charge in [-0.3, -0.25) is 0 Å². The van der Waals surface area contributed by atoms with Gasteiger partial charge in [-0.1, -0.05) is 10.2 Å². The highest BCUT2D eigenvalue weighted by Crippen LogP contribution is 2.22. The van der Waals surface area contributed by atoms with E-state index < -0.39 is 5.97 Å². The monoisotopic (exact) mass is 379 g/mol. The fourth-order valence-corrected chi connectivity index (χ4v) is 2.31. The van der Waals surface area contributed by atoms with Crippen LogP contribution in [0.15, 0.2) is 69.0 Å². The van der Waals surface area contributed by atoms with Crippen LogP contribution < -0.4 is 4.90 Å². The Morgan fingerprint density at radius 2 is 1.32 bits per heavy atom. The highest BCUT2D eigenvalue weighted by Gasteiger charge is 2.06. The van der Waals surface area contributed by atoms with Crippen LogP contribution in [0.1, 0.15) is 10.4 Å². The van der Waals surface area contributed by atoms with Gasteiger partial charge >= 0.3 is 5.97 Å². The van der Waals surface area contributed by atoms with Crippen LogP contribution in [-0.2, 0) is 0 Å². The smallest absolute Gasteiger partial charge is 0.335 e. The van der Waals surface area contributed by atoms with Crippen LogP contribution in [0.25, 0.3) is 20.9 Å². The molecule has 0 unspecified atom stereocenters. The molecule has 1 N–H and O–H groups in total. The number of carboxylic acid groups (broad SMARTS) is 1. The first-order valence-electron chi connectivity index (χ1n) is 8.26. The summed E-state index contributed by atoms with van der Waals surface area (Å²) in [5, 5.41) is 24.2. The molecule has 11 nitrogen and oxygen atoms in total. The molecule has 0 radical (unpaired) electrons. The minimum Gasteiger partial charge on any atom is -0.478 e. The van der Waals surface area contributed by atoms with Gasteiger partial charge in [0.1, 0.15) is 0 Å². The standard InChI is InChI=1S/C17H17N9O2/c18-24-20-9-11-26(12-10-21-25-19)16-7-5-15(6-8-16)23-22-14-3-1-13(2-4-14)17(27)28/h1-8H,9-12H2,(H,27,28). The largest absolute Gasteiger partial charge is 0.478 e. The van der Waals surface area contributed by atoms with Crippen molar-refractivity contribution in [2.75, 3.05) is 31.1 Å². The SMILES string of the molecule is [N-]=[N+]=NCCN(CCN=[N+]=[N-])c1ccc(N=Nc2ccc(C(=O)O)cc2)cc1. The van der Waals surface area contributed by atoms with Gasteiger partial charge in [-0.2, -0.15) is 10.2 Å². The summed E-state index contributed by atoms with van der Waals surface area (Å²) in [5.74, 6) is -0.996. The second-order valence-electron chi connectivity index (χ2n) is 5.46. The maximum Gasteiger partial charge on any atom is 0.335 e. The first-order valence-corrected chi connectivity index (χ1v) is 8.26. The molecule has 0 heterocycles. The van der Waals surface area contributed by atoms with Crippen molar-refractivity contribution in [2.24, 2.45) is 20.5 Å². The van der Waals surface area contributed by atoms with Crippen molar-refractivity contribution in [2.45, 2.75) is 0 Å². The van der Waals surface area contributed by atoms with E-state index in [1.54, 1.807) is 24.3 Å². The number of hydrogen-bond acceptors (Lipinski definition) is 6. The predicted octanol–water partition coefficient (Wildman–Crippen LogP) is 5.23. The number of benzene rings is 2. The zero-order chi connectivity index (χ0) is 20.2. The van der Waals surface area contributed by atoms with Crippen molar-refractivity contribution in [3.8, 4) is 0 Å². The Morgan fingerprint density at radius 1 is 0.857 bits per heavy atom. The van der Waals surface area contributed by atoms with Gasteiger partial charge in [0.05, 0.1) is 16.9 Å². The molecule has 0 saturated heterocycles. The Hall–Kier alpha value is -4.07. The van der Waals surface area contributed by atoms with E-state index in [1.807, 2.05) is 17.0 Å². The zero-order valence-electron chi connectivity index (χ0n) is 14.8. The second kappa shape index (κ2) is 10.8. The summed E-state index contributed by atoms with van der Waals surface area (Å²) in [5.41, 5.74) is 19.0. The third kappa shape index (κ3) is 6.34. The van der Waals surface area contributed by atoms with Crippen LogP contribution in [-0.4, -0.2) is 37.3 Å². The summed E-state index contributed by atoms with van der Waals surface area (Å²) in [6.07, 6.45) is 0. The molecular weight excluding hydrogens is 362 g/mol. The number of carbonyl (C=O) groups is 1. The molecule has 0 aliphatic rings. The van der Waals surface area contributed by atoms with Crippen molar-refractivity contribution in [3.63, 3.8) is 0 Å². The zero-order valence-corrected chi connectivity index (χ0v) is 14.8. The van der Waals surface area contributed by atoms with Gasteiger partial charge < -0.3 is 10.0 Å². The molecule has 2 rings (SSSR count). The van der Waals surface area contributed by atoms with Crippen LogP contribution in [0.4, 0.5) is 17.1 Å². The van der Waals surface area contributed by atoms with Gasteiger partial charge in [0, 0.05) is 41.7 Å². The number of azo groups is 1. The molecule has 142 valence electrons. The van der Waals surface area contributed by atoms with Crippen LogP contribution in [0.5, 0.6) is 0 Å². The van der Waals surface area contributed by atoms with Gasteiger partial charge in [0.25, 0.3) is 0 Å². The molecule has 0 fully saturated rings. The van der Waals surface area contributed by atoms with E-state index in [0.717, 1.165) is 5.69 Å². The molecule has 0 amide bonds. The molecule has 0 aliphatic carbocycles. The summed E-state index contributed by atoms with van der Waals surface area (Å²) in [7, 11) is 0. The lowest BCUT2D eigenvalue weighted by molar-refractivity contribution is 0.0697. The molecule has 0 atom stereocenters. The molecule has 11 heteroatoms. The van der Waals surface area contributed by atoms with Crippen LogP contribution in [0.2, 0.25) is 0 Å². The third-order valence-electron chi connectivity index (χ3n) is 3.68. The van der Waals surface area contributed by atoms with Crippen LogP contribution >= 0.6 is 0 Å². The average Bonchev–Trinajstić information content (AvgIpc) is 2.72. The Morgan fingerprint density at radius 3 is 1.75 bits per heavy atom. The number of rotatable bonds is 10. The molecule has 0 spiro atoms. The second-order valence-corrected chi connectivity index (χ2v) is 5.46. The van der Waals surface area contributed by atoms with E-state index in [0.29, 0.717) is 37.6 Å². The highest BCUT2D eigenvalue weighted by atomic mass is 16.4. The molecule has 0 bridgehead atoms. The fraction of sp³-hybridized carbons (Fsp3) is 0.235. The number of anilines is 1. The summed E-state index contributed by atoms with van der Waals surface area (Å²) >= 11 is 0. The Labute approximate surface area is 160 Å². The minimum absolute atomic E-state index is 0.185. The van der Waals surface area contributed by atoms with Crippen molar-refractivity contribution in [3.05, 3.63) is 75.0 Å². The summed E-state index contributed by atoms with van der Waals surface area (Å²) in [6.45, 7) is 1.56. The Kier molecular flexibility index (Phi) is 7.82. The lowest BCUT2D eigenvalue weighted by Crippen LogP contribution is -2.28. The summed E-state index contributed by atoms with van der Waals surface area (Å²) < 4.78 is 0. The van der Waals surface area contributed by atoms with Gasteiger partial charge in [-0.15, -0.1) is 0 Å². The first-order chi connectivity index (χ1) is 13.6. The highest BCUT2D eigenvalue weighted by molar-refractivity contribution is 5.87. The molecule has 2 aromatic carbocycles.